The zero-order valence-corrected chi connectivity index (χ0v) is 12.5. The Balaban J connectivity index is 1.83. The van der Waals surface area contributed by atoms with Crippen molar-refractivity contribution in [1.82, 2.24) is 0 Å². The summed E-state index contributed by atoms with van der Waals surface area (Å²) < 4.78 is 0. The number of hydrogen-bond acceptors (Lipinski definition) is 1. The van der Waals surface area contributed by atoms with Crippen molar-refractivity contribution in [2.24, 2.45) is 0 Å². The number of rotatable bonds is 8. The SMILES string of the molecule is CCCCCCCCCc1ccc2ccc[nH+]c2c1O. The predicted octanol–water partition coefficient (Wildman–Crippen LogP) is 4.65. The van der Waals surface area contributed by atoms with E-state index in [-0.39, 0.29) is 0 Å². The summed E-state index contributed by atoms with van der Waals surface area (Å²) >= 11 is 0. The Hall–Kier alpha value is -1.57. The molecule has 0 amide bonds. The van der Waals surface area contributed by atoms with Crippen molar-refractivity contribution in [1.29, 1.82) is 0 Å². The molecule has 0 saturated heterocycles. The molecule has 0 aliphatic rings. The van der Waals surface area contributed by atoms with E-state index in [4.69, 9.17) is 0 Å². The fourth-order valence-corrected chi connectivity index (χ4v) is 2.70. The van der Waals surface area contributed by atoms with Crippen LogP contribution in [-0.4, -0.2) is 5.11 Å². The second kappa shape index (κ2) is 7.88. The van der Waals surface area contributed by atoms with E-state index in [1.54, 1.807) is 0 Å². The Morgan fingerprint density at radius 3 is 2.50 bits per heavy atom. The van der Waals surface area contributed by atoms with Crippen LogP contribution in [0.15, 0.2) is 30.5 Å². The first-order chi connectivity index (χ1) is 9.83. The number of aromatic hydroxyl groups is 1. The van der Waals surface area contributed by atoms with Crippen molar-refractivity contribution in [3.63, 3.8) is 0 Å². The summed E-state index contributed by atoms with van der Waals surface area (Å²) in [5, 5.41) is 11.4. The van der Waals surface area contributed by atoms with Gasteiger partial charge in [0.15, 0.2) is 11.9 Å². The number of aromatic nitrogens is 1. The number of phenols is 1. The average molecular weight is 272 g/mol. The van der Waals surface area contributed by atoms with Gasteiger partial charge in [0.05, 0.1) is 5.39 Å². The van der Waals surface area contributed by atoms with Gasteiger partial charge in [0.1, 0.15) is 0 Å². The Morgan fingerprint density at radius 2 is 1.70 bits per heavy atom. The maximum absolute atomic E-state index is 10.3. The highest BCUT2D eigenvalue weighted by Gasteiger charge is 2.10. The summed E-state index contributed by atoms with van der Waals surface area (Å²) in [6.07, 6.45) is 12.0. The van der Waals surface area contributed by atoms with Gasteiger partial charge in [0.2, 0.25) is 0 Å². The number of nitrogens with one attached hydrogen (secondary N) is 1. The highest BCUT2D eigenvalue weighted by atomic mass is 16.3. The van der Waals surface area contributed by atoms with E-state index < -0.39 is 0 Å². The molecule has 0 aliphatic carbocycles. The lowest BCUT2D eigenvalue weighted by Gasteiger charge is -2.05. The summed E-state index contributed by atoms with van der Waals surface area (Å²) in [5.41, 5.74) is 1.92. The van der Waals surface area contributed by atoms with Crippen molar-refractivity contribution < 1.29 is 10.1 Å². The first-order valence-corrected chi connectivity index (χ1v) is 7.94. The predicted molar refractivity (Wildman–Crippen MR) is 83.9 cm³/mol. The van der Waals surface area contributed by atoms with Crippen LogP contribution < -0.4 is 4.98 Å². The van der Waals surface area contributed by atoms with Gasteiger partial charge >= 0.3 is 0 Å². The zero-order chi connectivity index (χ0) is 14.2. The molecule has 2 heteroatoms. The fraction of sp³-hybridized carbons (Fsp3) is 0.500. The molecule has 0 spiro atoms. The van der Waals surface area contributed by atoms with Gasteiger partial charge < -0.3 is 5.11 Å². The molecule has 1 heterocycles. The molecule has 0 atom stereocenters. The van der Waals surface area contributed by atoms with Gasteiger partial charge in [-0.25, -0.2) is 4.98 Å². The van der Waals surface area contributed by atoms with Gasteiger partial charge in [-0.1, -0.05) is 51.5 Å². The lowest BCUT2D eigenvalue weighted by molar-refractivity contribution is -0.345. The normalized spacial score (nSPS) is 11.1. The third-order valence-corrected chi connectivity index (χ3v) is 3.94. The zero-order valence-electron chi connectivity index (χ0n) is 12.5. The lowest BCUT2D eigenvalue weighted by atomic mass is 10.0. The number of hydrogen-bond donors (Lipinski definition) is 1. The summed E-state index contributed by atoms with van der Waals surface area (Å²) in [6.45, 7) is 2.25. The Bertz CT molecular complexity index is 536. The van der Waals surface area contributed by atoms with Crippen LogP contribution in [0.5, 0.6) is 5.75 Å². The molecule has 0 unspecified atom stereocenters. The highest BCUT2D eigenvalue weighted by molar-refractivity contribution is 5.82. The van der Waals surface area contributed by atoms with Gasteiger partial charge in [-0.05, 0) is 25.0 Å². The van der Waals surface area contributed by atoms with E-state index >= 15 is 0 Å². The number of fused-ring (bicyclic) bond motifs is 1. The standard InChI is InChI=1S/C18H25NO/c1-2-3-4-5-6-7-8-10-16-13-12-15-11-9-14-19-17(15)18(16)20/h9,11-14,20H,2-8,10H2,1H3/p+1. The van der Waals surface area contributed by atoms with Crippen molar-refractivity contribution >= 4 is 10.9 Å². The number of aryl methyl sites for hydroxylation is 1. The summed E-state index contributed by atoms with van der Waals surface area (Å²) in [4.78, 5) is 3.13. The van der Waals surface area contributed by atoms with Gasteiger partial charge in [-0.15, -0.1) is 0 Å². The fourth-order valence-electron chi connectivity index (χ4n) is 2.70. The third kappa shape index (κ3) is 3.96. The van der Waals surface area contributed by atoms with E-state index in [0.717, 1.165) is 29.3 Å². The molecule has 1 aromatic heterocycles. The minimum Gasteiger partial charge on any atom is -0.502 e. The second-order valence-corrected chi connectivity index (χ2v) is 5.58. The molecule has 2 rings (SSSR count). The Morgan fingerprint density at radius 1 is 0.950 bits per heavy atom. The highest BCUT2D eigenvalue weighted by Crippen LogP contribution is 2.26. The number of unbranched alkanes of at least 4 members (excludes halogenated alkanes) is 6. The molecular weight excluding hydrogens is 246 g/mol. The number of H-pyrrole nitrogens is 1. The van der Waals surface area contributed by atoms with Crippen LogP contribution in [0.1, 0.15) is 57.4 Å². The second-order valence-electron chi connectivity index (χ2n) is 5.58. The monoisotopic (exact) mass is 272 g/mol. The average Bonchev–Trinajstić information content (AvgIpc) is 2.49. The molecule has 0 fully saturated rings. The van der Waals surface area contributed by atoms with Crippen molar-refractivity contribution in [2.75, 3.05) is 0 Å². The lowest BCUT2D eigenvalue weighted by Crippen LogP contribution is -2.02. The number of pyridine rings is 1. The largest absolute Gasteiger partial charge is 0.502 e. The minimum atomic E-state index is 0.425. The molecule has 2 aromatic rings. The molecule has 0 saturated carbocycles. The van der Waals surface area contributed by atoms with Crippen molar-refractivity contribution in [3.05, 3.63) is 36.0 Å². The smallest absolute Gasteiger partial charge is 0.253 e. The molecule has 1 aromatic carbocycles. The van der Waals surface area contributed by atoms with Gasteiger partial charge in [-0.2, -0.15) is 0 Å². The maximum Gasteiger partial charge on any atom is 0.253 e. The molecule has 20 heavy (non-hydrogen) atoms. The summed E-state index contributed by atoms with van der Waals surface area (Å²) in [5.74, 6) is 0.425. The summed E-state index contributed by atoms with van der Waals surface area (Å²) in [6, 6.07) is 8.12. The van der Waals surface area contributed by atoms with E-state index in [0.29, 0.717) is 5.75 Å². The van der Waals surface area contributed by atoms with Crippen molar-refractivity contribution in [3.8, 4) is 5.75 Å². The first-order valence-electron chi connectivity index (χ1n) is 7.94. The van der Waals surface area contributed by atoms with Crippen LogP contribution in [0.2, 0.25) is 0 Å². The molecule has 0 radical (unpaired) electrons. The molecule has 0 bridgehead atoms. The molecular formula is C18H26NO+. The number of benzene rings is 1. The van der Waals surface area contributed by atoms with Crippen LogP contribution in [0.4, 0.5) is 0 Å². The number of phenolic OH excluding ortho intramolecular Hbond substituents is 1. The van der Waals surface area contributed by atoms with Gasteiger partial charge in [0.25, 0.3) is 5.52 Å². The van der Waals surface area contributed by atoms with E-state index in [9.17, 15) is 5.11 Å². The van der Waals surface area contributed by atoms with E-state index in [1.807, 2.05) is 18.3 Å². The molecule has 2 nitrogen and oxygen atoms in total. The van der Waals surface area contributed by atoms with Crippen LogP contribution in [0.25, 0.3) is 10.9 Å². The van der Waals surface area contributed by atoms with Crippen LogP contribution in [0, 0.1) is 0 Å². The van der Waals surface area contributed by atoms with Crippen LogP contribution in [0.3, 0.4) is 0 Å². The molecule has 0 aliphatic heterocycles. The quantitative estimate of drug-likeness (QED) is 0.697. The van der Waals surface area contributed by atoms with E-state index in [1.165, 1.54) is 38.5 Å². The van der Waals surface area contributed by atoms with Gasteiger partial charge in [0, 0.05) is 11.6 Å². The van der Waals surface area contributed by atoms with E-state index in [2.05, 4.69) is 24.0 Å². The third-order valence-electron chi connectivity index (χ3n) is 3.94. The Kier molecular flexibility index (Phi) is 5.85. The molecule has 108 valence electrons. The van der Waals surface area contributed by atoms with Gasteiger partial charge in [-0.3, -0.25) is 0 Å². The minimum absolute atomic E-state index is 0.425. The topological polar surface area (TPSA) is 34.4 Å². The Labute approximate surface area is 121 Å². The summed E-state index contributed by atoms with van der Waals surface area (Å²) in [7, 11) is 0. The number of aromatic amines is 1. The van der Waals surface area contributed by atoms with Crippen LogP contribution >= 0.6 is 0 Å². The van der Waals surface area contributed by atoms with Crippen LogP contribution in [-0.2, 0) is 6.42 Å². The molecule has 2 N–H and O–H groups in total. The first kappa shape index (κ1) is 14.8. The maximum atomic E-state index is 10.3. The van der Waals surface area contributed by atoms with Crippen molar-refractivity contribution in [2.45, 2.75) is 58.3 Å².